The van der Waals surface area contributed by atoms with Gasteiger partial charge in [0.2, 0.25) is 0 Å². The Labute approximate surface area is 155 Å². The second-order valence-corrected chi connectivity index (χ2v) is 7.08. The Hall–Kier alpha value is -2.06. The molecule has 1 heterocycles. The standard InChI is InChI=1S/C22H25ClN2/c23-22-12-10-20(11-13-22)7-9-21(14-16-25-17-15-24-18-25)8-6-19-4-2-1-3-5-19/h1-5,10-13,15,17-18,21H,6-9,14,16H2. The molecule has 0 amide bonds. The zero-order chi connectivity index (χ0) is 17.3. The summed E-state index contributed by atoms with van der Waals surface area (Å²) in [6.07, 6.45) is 11.7. The average Bonchev–Trinajstić information content (AvgIpc) is 3.17. The Balaban J connectivity index is 1.55. The van der Waals surface area contributed by atoms with Crippen LogP contribution < -0.4 is 0 Å². The number of aryl methyl sites for hydroxylation is 3. The number of hydrogen-bond donors (Lipinski definition) is 0. The van der Waals surface area contributed by atoms with E-state index in [2.05, 4.69) is 52.0 Å². The van der Waals surface area contributed by atoms with Gasteiger partial charge in [-0.25, -0.2) is 4.98 Å². The lowest BCUT2D eigenvalue weighted by molar-refractivity contribution is 0.393. The third-order valence-corrected chi connectivity index (χ3v) is 5.05. The van der Waals surface area contributed by atoms with Crippen LogP contribution in [0.1, 0.15) is 30.4 Å². The quantitative estimate of drug-likeness (QED) is 0.475. The second-order valence-electron chi connectivity index (χ2n) is 6.64. The van der Waals surface area contributed by atoms with Crippen LogP contribution in [0.5, 0.6) is 0 Å². The number of benzene rings is 2. The van der Waals surface area contributed by atoms with Crippen LogP contribution in [0.3, 0.4) is 0 Å². The van der Waals surface area contributed by atoms with Crippen molar-refractivity contribution in [3.8, 4) is 0 Å². The maximum Gasteiger partial charge on any atom is 0.0945 e. The highest BCUT2D eigenvalue weighted by molar-refractivity contribution is 6.30. The summed E-state index contributed by atoms with van der Waals surface area (Å²) in [6, 6.07) is 19.1. The van der Waals surface area contributed by atoms with Crippen LogP contribution in [-0.4, -0.2) is 9.55 Å². The van der Waals surface area contributed by atoms with Crippen molar-refractivity contribution < 1.29 is 0 Å². The highest BCUT2D eigenvalue weighted by atomic mass is 35.5. The smallest absolute Gasteiger partial charge is 0.0945 e. The van der Waals surface area contributed by atoms with Crippen molar-refractivity contribution in [2.45, 2.75) is 38.6 Å². The molecule has 3 heteroatoms. The molecule has 0 fully saturated rings. The van der Waals surface area contributed by atoms with Gasteiger partial charge in [0.15, 0.2) is 0 Å². The van der Waals surface area contributed by atoms with Gasteiger partial charge >= 0.3 is 0 Å². The predicted octanol–water partition coefficient (Wildman–Crippen LogP) is 5.81. The lowest BCUT2D eigenvalue weighted by Crippen LogP contribution is -2.08. The van der Waals surface area contributed by atoms with E-state index in [1.54, 1.807) is 0 Å². The Morgan fingerprint density at radius 3 is 2.16 bits per heavy atom. The van der Waals surface area contributed by atoms with Crippen LogP contribution in [-0.2, 0) is 19.4 Å². The molecule has 3 aromatic rings. The zero-order valence-electron chi connectivity index (χ0n) is 14.5. The van der Waals surface area contributed by atoms with Gasteiger partial charge in [0.05, 0.1) is 6.33 Å². The summed E-state index contributed by atoms with van der Waals surface area (Å²) in [7, 11) is 0. The fourth-order valence-electron chi connectivity index (χ4n) is 3.22. The largest absolute Gasteiger partial charge is 0.337 e. The molecular weight excluding hydrogens is 328 g/mol. The molecule has 0 spiro atoms. The molecule has 2 aromatic carbocycles. The molecule has 1 unspecified atom stereocenters. The van der Waals surface area contributed by atoms with Crippen LogP contribution in [0.4, 0.5) is 0 Å². The van der Waals surface area contributed by atoms with Gasteiger partial charge in [-0.2, -0.15) is 0 Å². The fraction of sp³-hybridized carbons (Fsp3) is 0.318. The molecule has 0 radical (unpaired) electrons. The van der Waals surface area contributed by atoms with Crippen LogP contribution >= 0.6 is 11.6 Å². The highest BCUT2D eigenvalue weighted by Gasteiger charge is 2.10. The highest BCUT2D eigenvalue weighted by Crippen LogP contribution is 2.21. The Bertz CT molecular complexity index is 720. The van der Waals surface area contributed by atoms with E-state index in [0.29, 0.717) is 5.92 Å². The molecule has 0 aliphatic carbocycles. The number of halogens is 1. The Morgan fingerprint density at radius 1 is 0.840 bits per heavy atom. The van der Waals surface area contributed by atoms with Crippen molar-refractivity contribution in [2.75, 3.05) is 0 Å². The molecule has 3 rings (SSSR count). The van der Waals surface area contributed by atoms with Gasteiger partial charge in [0.1, 0.15) is 0 Å². The summed E-state index contributed by atoms with van der Waals surface area (Å²) in [5, 5.41) is 0.810. The van der Waals surface area contributed by atoms with E-state index in [4.69, 9.17) is 11.6 Å². The van der Waals surface area contributed by atoms with E-state index in [9.17, 15) is 0 Å². The summed E-state index contributed by atoms with van der Waals surface area (Å²) in [6.45, 7) is 1.04. The maximum absolute atomic E-state index is 5.99. The molecule has 0 saturated heterocycles. The zero-order valence-corrected chi connectivity index (χ0v) is 15.3. The minimum absolute atomic E-state index is 0.707. The van der Waals surface area contributed by atoms with Crippen molar-refractivity contribution in [1.82, 2.24) is 9.55 Å². The first-order valence-electron chi connectivity index (χ1n) is 9.04. The molecule has 25 heavy (non-hydrogen) atoms. The molecular formula is C22H25ClN2. The normalized spacial score (nSPS) is 12.2. The van der Waals surface area contributed by atoms with E-state index in [1.807, 2.05) is 30.9 Å². The monoisotopic (exact) mass is 352 g/mol. The minimum Gasteiger partial charge on any atom is -0.337 e. The first-order chi connectivity index (χ1) is 12.3. The number of aromatic nitrogens is 2. The van der Waals surface area contributed by atoms with Gasteiger partial charge in [-0.05, 0) is 61.3 Å². The molecule has 0 aliphatic rings. The van der Waals surface area contributed by atoms with Crippen molar-refractivity contribution >= 4 is 11.6 Å². The molecule has 0 bridgehead atoms. The number of nitrogens with zero attached hydrogens (tertiary/aromatic N) is 2. The maximum atomic E-state index is 5.99. The first-order valence-corrected chi connectivity index (χ1v) is 9.41. The van der Waals surface area contributed by atoms with Gasteiger partial charge in [0, 0.05) is 24.0 Å². The van der Waals surface area contributed by atoms with Crippen molar-refractivity contribution in [1.29, 1.82) is 0 Å². The van der Waals surface area contributed by atoms with E-state index in [0.717, 1.165) is 24.4 Å². The van der Waals surface area contributed by atoms with Crippen LogP contribution in [0.2, 0.25) is 5.02 Å². The summed E-state index contributed by atoms with van der Waals surface area (Å²) in [5.41, 5.74) is 2.80. The number of rotatable bonds is 9. The summed E-state index contributed by atoms with van der Waals surface area (Å²) in [4.78, 5) is 4.15. The topological polar surface area (TPSA) is 17.8 Å². The van der Waals surface area contributed by atoms with Crippen molar-refractivity contribution in [3.63, 3.8) is 0 Å². The second kappa shape index (κ2) is 9.43. The summed E-state index contributed by atoms with van der Waals surface area (Å²) < 4.78 is 2.18. The Kier molecular flexibility index (Phi) is 6.70. The number of hydrogen-bond acceptors (Lipinski definition) is 1. The van der Waals surface area contributed by atoms with E-state index < -0.39 is 0 Å². The third-order valence-electron chi connectivity index (χ3n) is 4.79. The summed E-state index contributed by atoms with van der Waals surface area (Å²) >= 11 is 5.99. The SMILES string of the molecule is Clc1ccc(CCC(CCc2ccccc2)CCn2ccnc2)cc1. The van der Waals surface area contributed by atoms with Gasteiger partial charge in [-0.3, -0.25) is 0 Å². The predicted molar refractivity (Wildman–Crippen MR) is 105 cm³/mol. The van der Waals surface area contributed by atoms with E-state index in [-0.39, 0.29) is 0 Å². The molecule has 1 atom stereocenters. The summed E-state index contributed by atoms with van der Waals surface area (Å²) in [5.74, 6) is 0.707. The van der Waals surface area contributed by atoms with Crippen molar-refractivity contribution in [2.24, 2.45) is 5.92 Å². The molecule has 0 saturated carbocycles. The first kappa shape index (κ1) is 17.8. The van der Waals surface area contributed by atoms with Crippen molar-refractivity contribution in [3.05, 3.63) is 89.5 Å². The minimum atomic E-state index is 0.707. The lowest BCUT2D eigenvalue weighted by Gasteiger charge is -2.17. The molecule has 0 N–H and O–H groups in total. The fourth-order valence-corrected chi connectivity index (χ4v) is 3.35. The molecule has 1 aromatic heterocycles. The van der Waals surface area contributed by atoms with E-state index >= 15 is 0 Å². The van der Waals surface area contributed by atoms with E-state index in [1.165, 1.54) is 30.4 Å². The van der Waals surface area contributed by atoms with Crippen LogP contribution in [0.15, 0.2) is 73.3 Å². The Morgan fingerprint density at radius 2 is 1.52 bits per heavy atom. The molecule has 2 nitrogen and oxygen atoms in total. The average molecular weight is 353 g/mol. The van der Waals surface area contributed by atoms with Crippen LogP contribution in [0, 0.1) is 5.92 Å². The van der Waals surface area contributed by atoms with Gasteiger partial charge in [-0.15, -0.1) is 0 Å². The third kappa shape index (κ3) is 6.06. The lowest BCUT2D eigenvalue weighted by atomic mass is 9.90. The molecule has 130 valence electrons. The number of imidazole rings is 1. The van der Waals surface area contributed by atoms with Gasteiger partial charge in [-0.1, -0.05) is 54.1 Å². The van der Waals surface area contributed by atoms with Gasteiger partial charge < -0.3 is 4.57 Å². The molecule has 0 aliphatic heterocycles. The van der Waals surface area contributed by atoms with Crippen LogP contribution in [0.25, 0.3) is 0 Å². The van der Waals surface area contributed by atoms with Gasteiger partial charge in [0.25, 0.3) is 0 Å².